The summed E-state index contributed by atoms with van der Waals surface area (Å²) in [7, 11) is 0. The monoisotopic (exact) mass is 678 g/mol. The van der Waals surface area contributed by atoms with Crippen molar-refractivity contribution in [1.29, 1.82) is 5.26 Å². The smallest absolute Gasteiger partial charge is 0.160 e. The van der Waals surface area contributed by atoms with Gasteiger partial charge in [-0.15, -0.1) is 0 Å². The van der Waals surface area contributed by atoms with Gasteiger partial charge in [0.1, 0.15) is 11.5 Å². The third kappa shape index (κ3) is 4.70. The lowest BCUT2D eigenvalue weighted by Gasteiger charge is -2.39. The third-order valence-electron chi connectivity index (χ3n) is 10.6. The van der Waals surface area contributed by atoms with Crippen LogP contribution in [0.25, 0.3) is 56.2 Å². The molecular weight excluding hydrogens is 649 g/mol. The van der Waals surface area contributed by atoms with Crippen molar-refractivity contribution >= 4 is 5.69 Å². The Balaban J connectivity index is 1.25. The number of nitriles is 1. The summed E-state index contributed by atoms with van der Waals surface area (Å²) in [4.78, 5) is 10.2. The van der Waals surface area contributed by atoms with Crippen LogP contribution in [0.15, 0.2) is 170 Å². The van der Waals surface area contributed by atoms with Crippen LogP contribution in [0.3, 0.4) is 0 Å². The van der Waals surface area contributed by atoms with E-state index in [1.54, 1.807) is 6.07 Å². The molecule has 248 valence electrons. The molecule has 1 aliphatic heterocycles. The van der Waals surface area contributed by atoms with Crippen LogP contribution in [-0.4, -0.2) is 9.97 Å². The molecule has 8 aromatic rings. The van der Waals surface area contributed by atoms with Crippen molar-refractivity contribution in [3.8, 4) is 73.7 Å². The van der Waals surface area contributed by atoms with E-state index in [4.69, 9.17) is 20.4 Å². The fraction of sp³-hybridized carbons (Fsp3) is 0.0208. The third-order valence-corrected chi connectivity index (χ3v) is 10.6. The Morgan fingerprint density at radius 1 is 0.472 bits per heavy atom. The van der Waals surface area contributed by atoms with Gasteiger partial charge in [0.25, 0.3) is 0 Å². The Morgan fingerprint density at radius 2 is 1.08 bits per heavy atom. The molecule has 0 saturated carbocycles. The van der Waals surface area contributed by atoms with Crippen LogP contribution in [0.2, 0.25) is 0 Å². The minimum absolute atomic E-state index is 0.534. The van der Waals surface area contributed by atoms with Crippen LogP contribution in [0, 0.1) is 11.3 Å². The number of nitrogens with zero attached hydrogens (tertiary/aromatic N) is 3. The predicted octanol–water partition coefficient (Wildman–Crippen LogP) is 11.1. The number of para-hydroxylation sites is 1. The summed E-state index contributed by atoms with van der Waals surface area (Å²) in [6, 6.07) is 60.3. The summed E-state index contributed by atoms with van der Waals surface area (Å²) >= 11 is 0. The van der Waals surface area contributed by atoms with Crippen molar-refractivity contribution in [3.05, 3.63) is 198 Å². The highest BCUT2D eigenvalue weighted by molar-refractivity contribution is 5.92. The van der Waals surface area contributed by atoms with E-state index in [0.717, 1.165) is 73.0 Å². The number of benzene rings is 7. The van der Waals surface area contributed by atoms with E-state index < -0.39 is 5.41 Å². The number of rotatable bonds is 4. The van der Waals surface area contributed by atoms with Gasteiger partial charge in [-0.25, -0.2) is 9.97 Å². The summed E-state index contributed by atoms with van der Waals surface area (Å²) < 4.78 is 6.75. The van der Waals surface area contributed by atoms with Gasteiger partial charge in [-0.05, 0) is 76.3 Å². The van der Waals surface area contributed by atoms with Gasteiger partial charge < -0.3 is 10.5 Å². The molecule has 0 bridgehead atoms. The topological polar surface area (TPSA) is 84.8 Å². The normalized spacial score (nSPS) is 14.7. The number of aromatic nitrogens is 2. The molecule has 2 N–H and O–H groups in total. The first-order chi connectivity index (χ1) is 26.1. The quantitative estimate of drug-likeness (QED) is 0.187. The lowest BCUT2D eigenvalue weighted by molar-refractivity contribution is 0.436. The molecule has 1 aromatic heterocycles. The molecule has 1 aliphatic carbocycles. The van der Waals surface area contributed by atoms with Gasteiger partial charge in [0, 0.05) is 39.1 Å². The lowest BCUT2D eigenvalue weighted by atomic mass is 9.65. The van der Waals surface area contributed by atoms with Gasteiger partial charge >= 0.3 is 0 Å². The average Bonchev–Trinajstić information content (AvgIpc) is 3.51. The predicted molar refractivity (Wildman–Crippen MR) is 210 cm³/mol. The maximum Gasteiger partial charge on any atom is 0.160 e. The Labute approximate surface area is 307 Å². The first-order valence-electron chi connectivity index (χ1n) is 17.6. The minimum atomic E-state index is -0.707. The van der Waals surface area contributed by atoms with Crippen molar-refractivity contribution in [1.82, 2.24) is 9.97 Å². The second-order valence-electron chi connectivity index (χ2n) is 13.5. The number of nitrogens with two attached hydrogens (primary N) is 1. The van der Waals surface area contributed by atoms with Crippen LogP contribution in [-0.2, 0) is 5.41 Å². The van der Waals surface area contributed by atoms with Gasteiger partial charge in [-0.3, -0.25) is 0 Å². The molecule has 10 rings (SSSR count). The first kappa shape index (κ1) is 30.5. The van der Waals surface area contributed by atoms with Crippen molar-refractivity contribution < 1.29 is 4.74 Å². The molecule has 0 fully saturated rings. The van der Waals surface area contributed by atoms with Gasteiger partial charge in [-0.1, -0.05) is 121 Å². The van der Waals surface area contributed by atoms with E-state index in [0.29, 0.717) is 17.1 Å². The van der Waals surface area contributed by atoms with Crippen LogP contribution in [0.4, 0.5) is 5.69 Å². The summed E-state index contributed by atoms with van der Waals surface area (Å²) in [5.74, 6) is 2.27. The molecule has 1 spiro atoms. The molecule has 2 heterocycles. The maximum absolute atomic E-state index is 9.53. The molecule has 0 amide bonds. The second-order valence-corrected chi connectivity index (χ2v) is 13.5. The van der Waals surface area contributed by atoms with Crippen molar-refractivity contribution in [2.45, 2.75) is 5.41 Å². The largest absolute Gasteiger partial charge is 0.457 e. The van der Waals surface area contributed by atoms with Gasteiger partial charge in [-0.2, -0.15) is 5.26 Å². The first-order valence-corrected chi connectivity index (χ1v) is 17.6. The molecule has 1 atom stereocenters. The highest BCUT2D eigenvalue weighted by Gasteiger charge is 2.51. The van der Waals surface area contributed by atoms with Crippen molar-refractivity contribution in [3.63, 3.8) is 0 Å². The van der Waals surface area contributed by atoms with E-state index in [1.165, 1.54) is 11.1 Å². The van der Waals surface area contributed by atoms with Crippen molar-refractivity contribution in [2.24, 2.45) is 0 Å². The zero-order chi connectivity index (χ0) is 35.5. The fourth-order valence-electron chi connectivity index (χ4n) is 8.19. The zero-order valence-electron chi connectivity index (χ0n) is 28.5. The SMILES string of the molecule is N#Cc1ccc(-c2ccc3c(c2)C2(c4ccccc4Oc4ccc(-c5cc(-c6ccccc6)nc(-c6ccccc6)n5)cc42)c2ccccc2-3)c(N)c1. The summed E-state index contributed by atoms with van der Waals surface area (Å²) in [6.07, 6.45) is 0. The van der Waals surface area contributed by atoms with Crippen LogP contribution >= 0.6 is 0 Å². The number of hydrogen-bond acceptors (Lipinski definition) is 5. The molecule has 7 aromatic carbocycles. The lowest BCUT2D eigenvalue weighted by Crippen LogP contribution is -2.32. The Morgan fingerprint density at radius 3 is 1.85 bits per heavy atom. The van der Waals surface area contributed by atoms with Gasteiger partial charge in [0.15, 0.2) is 5.82 Å². The second kappa shape index (κ2) is 11.9. The number of hydrogen-bond donors (Lipinski definition) is 1. The minimum Gasteiger partial charge on any atom is -0.457 e. The number of ether oxygens (including phenoxy) is 1. The van der Waals surface area contributed by atoms with Gasteiger partial charge in [0.05, 0.1) is 28.4 Å². The van der Waals surface area contributed by atoms with E-state index >= 15 is 0 Å². The van der Waals surface area contributed by atoms with Crippen LogP contribution in [0.1, 0.15) is 27.8 Å². The number of anilines is 1. The molecule has 53 heavy (non-hydrogen) atoms. The number of nitrogen functional groups attached to an aromatic ring is 1. The van der Waals surface area contributed by atoms with Crippen LogP contribution < -0.4 is 10.5 Å². The van der Waals surface area contributed by atoms with Gasteiger partial charge in [0.2, 0.25) is 0 Å². The standard InChI is InChI=1S/C48H30N4O/c49-29-30-19-22-35(42(50)25-30)33-20-23-37-36-15-7-8-16-38(36)48(40(37)26-33)39-17-9-10-18-45(39)53-46-24-21-34(27-41(46)48)44-28-43(31-11-3-1-4-12-31)51-47(52-44)32-13-5-2-6-14-32/h1-28H,50H2. The average molecular weight is 679 g/mol. The maximum atomic E-state index is 9.53. The Kier molecular flexibility index (Phi) is 6.86. The zero-order valence-corrected chi connectivity index (χ0v) is 28.5. The summed E-state index contributed by atoms with van der Waals surface area (Å²) in [6.45, 7) is 0. The molecule has 5 nitrogen and oxygen atoms in total. The van der Waals surface area contributed by atoms with E-state index in [-0.39, 0.29) is 0 Å². The highest BCUT2D eigenvalue weighted by Crippen LogP contribution is 2.62. The summed E-state index contributed by atoms with van der Waals surface area (Å²) in [5.41, 5.74) is 20.2. The van der Waals surface area contributed by atoms with Crippen LogP contribution in [0.5, 0.6) is 11.5 Å². The Bertz CT molecular complexity index is 2730. The van der Waals surface area contributed by atoms with Crippen molar-refractivity contribution in [2.75, 3.05) is 5.73 Å². The summed E-state index contributed by atoms with van der Waals surface area (Å²) in [5, 5.41) is 9.53. The molecule has 0 saturated heterocycles. The fourth-order valence-corrected chi connectivity index (χ4v) is 8.19. The number of fused-ring (bicyclic) bond motifs is 9. The molecule has 1 unspecified atom stereocenters. The molecule has 0 radical (unpaired) electrons. The molecular formula is C48H30N4O. The highest BCUT2D eigenvalue weighted by atomic mass is 16.5. The molecule has 5 heteroatoms. The van der Waals surface area contributed by atoms with E-state index in [1.807, 2.05) is 66.7 Å². The molecule has 2 aliphatic rings. The Hall–Kier alpha value is -7.29. The van der Waals surface area contributed by atoms with E-state index in [2.05, 4.69) is 103 Å². The van der Waals surface area contributed by atoms with E-state index in [9.17, 15) is 5.26 Å².